The first kappa shape index (κ1) is 21.1. The predicted molar refractivity (Wildman–Crippen MR) is 118 cm³/mol. The van der Waals surface area contributed by atoms with Crippen LogP contribution >= 0.6 is 0 Å². The summed E-state index contributed by atoms with van der Waals surface area (Å²) in [7, 11) is 0. The Balaban J connectivity index is 1.69. The van der Waals surface area contributed by atoms with Gasteiger partial charge in [0.2, 0.25) is 0 Å². The van der Waals surface area contributed by atoms with Crippen molar-refractivity contribution in [3.63, 3.8) is 0 Å². The molecule has 0 bridgehead atoms. The van der Waals surface area contributed by atoms with Crippen molar-refractivity contribution >= 4 is 12.0 Å². The lowest BCUT2D eigenvalue weighted by Crippen LogP contribution is -2.24. The van der Waals surface area contributed by atoms with Crippen molar-refractivity contribution in [2.45, 2.75) is 40.8 Å². The minimum Gasteiger partial charge on any atom is -0.348 e. The third-order valence-corrected chi connectivity index (χ3v) is 4.98. The van der Waals surface area contributed by atoms with Crippen LogP contribution in [0.3, 0.4) is 0 Å². The second-order valence-electron chi connectivity index (χ2n) is 7.80. The molecule has 3 aromatic rings. The van der Waals surface area contributed by atoms with E-state index in [4.69, 9.17) is 0 Å². The average molecular weight is 402 g/mol. The van der Waals surface area contributed by atoms with E-state index in [1.54, 1.807) is 17.0 Å². The third-order valence-electron chi connectivity index (χ3n) is 4.98. The molecular formula is C24H27N5O. The van der Waals surface area contributed by atoms with Crippen molar-refractivity contribution in [1.82, 2.24) is 19.7 Å². The smallest absolute Gasteiger partial charge is 0.262 e. The highest BCUT2D eigenvalue weighted by Gasteiger charge is 2.13. The number of hydrogen-bond donors (Lipinski definition) is 1. The topological polar surface area (TPSA) is 75.6 Å². The van der Waals surface area contributed by atoms with Gasteiger partial charge in [-0.05, 0) is 61.2 Å². The fourth-order valence-corrected chi connectivity index (χ4v) is 3.39. The van der Waals surface area contributed by atoms with Crippen LogP contribution in [-0.2, 0) is 17.9 Å². The maximum absolute atomic E-state index is 12.6. The highest BCUT2D eigenvalue weighted by molar-refractivity contribution is 6.01. The Morgan fingerprint density at radius 1 is 1.27 bits per heavy atom. The molecule has 3 rings (SSSR count). The monoisotopic (exact) mass is 401 g/mol. The first-order valence-corrected chi connectivity index (χ1v) is 10.0. The van der Waals surface area contributed by atoms with Crippen molar-refractivity contribution in [2.75, 3.05) is 0 Å². The van der Waals surface area contributed by atoms with E-state index in [1.807, 2.05) is 62.5 Å². The normalized spacial score (nSPS) is 11.5. The minimum atomic E-state index is -0.373. The molecule has 154 valence electrons. The summed E-state index contributed by atoms with van der Waals surface area (Å²) in [5, 5.41) is 16.5. The molecule has 1 amide bonds. The van der Waals surface area contributed by atoms with Crippen LogP contribution in [-0.4, -0.2) is 20.3 Å². The molecule has 0 spiro atoms. The van der Waals surface area contributed by atoms with E-state index < -0.39 is 0 Å². The van der Waals surface area contributed by atoms with Gasteiger partial charge < -0.3 is 9.88 Å². The number of nitriles is 1. The summed E-state index contributed by atoms with van der Waals surface area (Å²) in [6, 6.07) is 13.7. The van der Waals surface area contributed by atoms with Crippen LogP contribution in [0.15, 0.2) is 54.4 Å². The molecule has 0 aliphatic heterocycles. The maximum atomic E-state index is 12.6. The molecule has 6 heteroatoms. The zero-order valence-electron chi connectivity index (χ0n) is 17.9. The molecule has 6 nitrogen and oxygen atoms in total. The van der Waals surface area contributed by atoms with E-state index in [9.17, 15) is 10.1 Å². The molecule has 0 saturated heterocycles. The molecular weight excluding hydrogens is 374 g/mol. The summed E-state index contributed by atoms with van der Waals surface area (Å²) < 4.78 is 4.00. The molecule has 1 N–H and O–H groups in total. The number of carbonyl (C=O) groups is 1. The van der Waals surface area contributed by atoms with E-state index in [-0.39, 0.29) is 11.5 Å². The first-order valence-electron chi connectivity index (χ1n) is 10.0. The molecule has 0 aliphatic carbocycles. The van der Waals surface area contributed by atoms with Gasteiger partial charge in [-0.1, -0.05) is 26.0 Å². The van der Waals surface area contributed by atoms with Gasteiger partial charge in [0.05, 0.1) is 5.69 Å². The van der Waals surface area contributed by atoms with Crippen molar-refractivity contribution in [1.29, 1.82) is 5.26 Å². The van der Waals surface area contributed by atoms with Gasteiger partial charge in [-0.3, -0.25) is 4.79 Å². The van der Waals surface area contributed by atoms with E-state index in [0.29, 0.717) is 12.5 Å². The number of aryl methyl sites for hydroxylation is 1. The van der Waals surface area contributed by atoms with Crippen molar-refractivity contribution in [3.05, 3.63) is 76.9 Å². The first-order chi connectivity index (χ1) is 14.4. The number of hydrogen-bond acceptors (Lipinski definition) is 3. The number of amides is 1. The highest BCUT2D eigenvalue weighted by atomic mass is 16.1. The minimum absolute atomic E-state index is 0.105. The van der Waals surface area contributed by atoms with Gasteiger partial charge in [-0.25, -0.2) is 4.68 Å². The molecule has 30 heavy (non-hydrogen) atoms. The van der Waals surface area contributed by atoms with Gasteiger partial charge in [0, 0.05) is 36.9 Å². The number of rotatable bonds is 7. The maximum Gasteiger partial charge on any atom is 0.262 e. The highest BCUT2D eigenvalue weighted by Crippen LogP contribution is 2.20. The number of carbonyl (C=O) groups excluding carboxylic acids is 1. The van der Waals surface area contributed by atoms with Crippen LogP contribution < -0.4 is 5.32 Å². The van der Waals surface area contributed by atoms with Crippen LogP contribution in [0.2, 0.25) is 0 Å². The van der Waals surface area contributed by atoms with Crippen molar-refractivity contribution in [2.24, 2.45) is 5.92 Å². The van der Waals surface area contributed by atoms with E-state index >= 15 is 0 Å². The second-order valence-corrected chi connectivity index (χ2v) is 7.80. The van der Waals surface area contributed by atoms with Crippen LogP contribution in [0.1, 0.15) is 36.4 Å². The van der Waals surface area contributed by atoms with E-state index in [0.717, 1.165) is 34.7 Å². The van der Waals surface area contributed by atoms with Crippen LogP contribution in [0.25, 0.3) is 11.8 Å². The largest absolute Gasteiger partial charge is 0.348 e. The zero-order valence-corrected chi connectivity index (χ0v) is 17.9. The Labute approximate surface area is 177 Å². The Morgan fingerprint density at radius 3 is 2.60 bits per heavy atom. The molecule has 0 aliphatic rings. The third kappa shape index (κ3) is 4.87. The number of benzene rings is 1. The van der Waals surface area contributed by atoms with Gasteiger partial charge >= 0.3 is 0 Å². The fourth-order valence-electron chi connectivity index (χ4n) is 3.39. The molecule has 0 saturated carbocycles. The lowest BCUT2D eigenvalue weighted by Gasteiger charge is -2.12. The zero-order chi connectivity index (χ0) is 21.7. The van der Waals surface area contributed by atoms with Gasteiger partial charge in [-0.15, -0.1) is 0 Å². The summed E-state index contributed by atoms with van der Waals surface area (Å²) in [6.45, 7) is 9.67. The van der Waals surface area contributed by atoms with Gasteiger partial charge in [-0.2, -0.15) is 10.4 Å². The summed E-state index contributed by atoms with van der Waals surface area (Å²) in [6.07, 6.45) is 5.28. The van der Waals surface area contributed by atoms with E-state index in [1.165, 1.54) is 0 Å². The van der Waals surface area contributed by atoms with Crippen LogP contribution in [0.5, 0.6) is 0 Å². The molecule has 0 fully saturated rings. The second kappa shape index (κ2) is 9.27. The lowest BCUT2D eigenvalue weighted by molar-refractivity contribution is -0.117. The summed E-state index contributed by atoms with van der Waals surface area (Å²) >= 11 is 0. The van der Waals surface area contributed by atoms with Crippen LogP contribution in [0, 0.1) is 31.1 Å². The Hall–Kier alpha value is -3.59. The number of nitrogens with one attached hydrogen (secondary N) is 1. The molecule has 0 unspecified atom stereocenters. The molecule has 1 aromatic carbocycles. The Bertz CT molecular complexity index is 1080. The van der Waals surface area contributed by atoms with Crippen molar-refractivity contribution in [3.8, 4) is 11.8 Å². The molecule has 2 aromatic heterocycles. The van der Waals surface area contributed by atoms with Gasteiger partial charge in [0.25, 0.3) is 5.91 Å². The lowest BCUT2D eigenvalue weighted by atomic mass is 10.1. The Morgan fingerprint density at radius 2 is 2.00 bits per heavy atom. The summed E-state index contributed by atoms with van der Waals surface area (Å²) in [5.74, 6) is 0.146. The SMILES string of the molecule is Cc1cc(/C=C(\C#N)C(=O)NCc2ccc(-n3cccn3)cc2)c(C)n1CC(C)C. The predicted octanol–water partition coefficient (Wildman–Crippen LogP) is 4.17. The van der Waals surface area contributed by atoms with Crippen LogP contribution in [0.4, 0.5) is 0 Å². The average Bonchev–Trinajstić information content (AvgIpc) is 3.35. The molecule has 2 heterocycles. The Kier molecular flexibility index (Phi) is 6.53. The van der Waals surface area contributed by atoms with Crippen molar-refractivity contribution < 1.29 is 4.79 Å². The van der Waals surface area contributed by atoms with E-state index in [2.05, 4.69) is 28.8 Å². The number of aromatic nitrogens is 3. The molecule has 0 atom stereocenters. The fraction of sp³-hybridized carbons (Fsp3) is 0.292. The van der Waals surface area contributed by atoms with Gasteiger partial charge in [0.15, 0.2) is 0 Å². The standard InChI is InChI=1S/C24H27N5O/c1-17(2)16-28-18(3)12-21(19(28)4)13-22(14-25)24(30)26-15-20-6-8-23(9-7-20)29-11-5-10-27-29/h5-13,17H,15-16H2,1-4H3,(H,26,30)/b22-13+. The quantitative estimate of drug-likeness (QED) is 0.477. The van der Waals surface area contributed by atoms with Gasteiger partial charge in [0.1, 0.15) is 11.6 Å². The molecule has 0 radical (unpaired) electrons. The number of nitrogens with zero attached hydrogens (tertiary/aromatic N) is 4. The summed E-state index contributed by atoms with van der Waals surface area (Å²) in [5.41, 5.74) is 5.10. The summed E-state index contributed by atoms with van der Waals surface area (Å²) in [4.78, 5) is 12.6.